The summed E-state index contributed by atoms with van der Waals surface area (Å²) in [4.78, 5) is 12.3. The summed E-state index contributed by atoms with van der Waals surface area (Å²) in [6.07, 6.45) is 0. The molecule has 0 aliphatic heterocycles. The second-order valence-electron chi connectivity index (χ2n) is 5.56. The number of phenolic OH excluding ortho intramolecular Hbond substituents is 1. The lowest BCUT2D eigenvalue weighted by Gasteiger charge is -2.10. The molecule has 0 unspecified atom stereocenters. The predicted molar refractivity (Wildman–Crippen MR) is 103 cm³/mol. The second kappa shape index (κ2) is 8.13. The molecule has 0 heterocycles. The lowest BCUT2D eigenvalue weighted by molar-refractivity contribution is 0.102. The van der Waals surface area contributed by atoms with E-state index in [1.165, 1.54) is 18.2 Å². The van der Waals surface area contributed by atoms with E-state index < -0.39 is 5.91 Å². The zero-order chi connectivity index (χ0) is 18.5. The van der Waals surface area contributed by atoms with Crippen molar-refractivity contribution in [3.8, 4) is 11.5 Å². The lowest BCUT2D eigenvalue weighted by Crippen LogP contribution is -2.12. The quantitative estimate of drug-likeness (QED) is 0.604. The molecule has 26 heavy (non-hydrogen) atoms. The maximum Gasteiger partial charge on any atom is 0.259 e. The molecule has 0 radical (unpaired) electrons. The van der Waals surface area contributed by atoms with E-state index in [-0.39, 0.29) is 11.3 Å². The van der Waals surface area contributed by atoms with Crippen LogP contribution in [0.2, 0.25) is 10.0 Å². The molecular weight excluding hydrogens is 373 g/mol. The summed E-state index contributed by atoms with van der Waals surface area (Å²) in [5, 5.41) is 13.5. The SMILES string of the molecule is O=C(Nc1cccc(OCc2cccc(Cl)c2)c1)c1cc(Cl)ccc1O. The molecule has 2 N–H and O–H groups in total. The maximum absolute atomic E-state index is 12.3. The Morgan fingerprint density at radius 3 is 2.54 bits per heavy atom. The van der Waals surface area contributed by atoms with E-state index in [2.05, 4.69) is 5.32 Å². The average Bonchev–Trinajstić information content (AvgIpc) is 2.62. The van der Waals surface area contributed by atoms with Gasteiger partial charge in [0.05, 0.1) is 5.56 Å². The van der Waals surface area contributed by atoms with Crippen molar-refractivity contribution >= 4 is 34.8 Å². The minimum atomic E-state index is -0.461. The van der Waals surface area contributed by atoms with Gasteiger partial charge in [-0.25, -0.2) is 0 Å². The van der Waals surface area contributed by atoms with Crippen LogP contribution >= 0.6 is 23.2 Å². The van der Waals surface area contributed by atoms with Gasteiger partial charge in [-0.3, -0.25) is 4.79 Å². The number of rotatable bonds is 5. The molecule has 1 amide bonds. The van der Waals surface area contributed by atoms with Crippen LogP contribution in [0.4, 0.5) is 5.69 Å². The summed E-state index contributed by atoms with van der Waals surface area (Å²) in [6, 6.07) is 18.7. The van der Waals surface area contributed by atoms with E-state index in [1.54, 1.807) is 30.3 Å². The number of ether oxygens (including phenoxy) is 1. The number of halogens is 2. The molecular formula is C20H15Cl2NO3. The number of carbonyl (C=O) groups is 1. The first-order chi connectivity index (χ1) is 12.5. The number of carbonyl (C=O) groups excluding carboxylic acids is 1. The third kappa shape index (κ3) is 4.69. The van der Waals surface area contributed by atoms with Crippen molar-refractivity contribution in [2.24, 2.45) is 0 Å². The lowest BCUT2D eigenvalue weighted by atomic mass is 10.2. The van der Waals surface area contributed by atoms with Gasteiger partial charge in [0.1, 0.15) is 18.1 Å². The molecule has 3 aromatic rings. The standard InChI is InChI=1S/C20H15Cl2NO3/c21-14-4-1-3-13(9-14)12-26-17-6-2-5-16(11-17)23-20(25)18-10-15(22)7-8-19(18)24/h1-11,24H,12H2,(H,23,25). The van der Waals surface area contributed by atoms with Crippen molar-refractivity contribution in [1.29, 1.82) is 0 Å². The Bertz CT molecular complexity index is 944. The van der Waals surface area contributed by atoms with Gasteiger partial charge < -0.3 is 15.2 Å². The number of benzene rings is 3. The molecule has 0 fully saturated rings. The van der Waals surface area contributed by atoms with Crippen LogP contribution in [0.15, 0.2) is 66.7 Å². The predicted octanol–water partition coefficient (Wildman–Crippen LogP) is 5.53. The van der Waals surface area contributed by atoms with Gasteiger partial charge in [-0.05, 0) is 48.0 Å². The van der Waals surface area contributed by atoms with Crippen molar-refractivity contribution in [3.05, 3.63) is 87.9 Å². The van der Waals surface area contributed by atoms with Gasteiger partial charge in [0.15, 0.2) is 0 Å². The first-order valence-corrected chi connectivity index (χ1v) is 8.54. The summed E-state index contributed by atoms with van der Waals surface area (Å²) in [7, 11) is 0. The van der Waals surface area contributed by atoms with Crippen LogP contribution in [0.1, 0.15) is 15.9 Å². The van der Waals surface area contributed by atoms with E-state index in [0.29, 0.717) is 28.1 Å². The minimum Gasteiger partial charge on any atom is -0.507 e. The highest BCUT2D eigenvalue weighted by molar-refractivity contribution is 6.31. The van der Waals surface area contributed by atoms with Gasteiger partial charge in [-0.2, -0.15) is 0 Å². The first-order valence-electron chi connectivity index (χ1n) is 7.78. The molecule has 6 heteroatoms. The summed E-state index contributed by atoms with van der Waals surface area (Å²) < 4.78 is 5.74. The van der Waals surface area contributed by atoms with Gasteiger partial charge in [0, 0.05) is 21.8 Å². The normalized spacial score (nSPS) is 10.4. The minimum absolute atomic E-state index is 0.0998. The smallest absolute Gasteiger partial charge is 0.259 e. The Labute approximate surface area is 161 Å². The Balaban J connectivity index is 1.69. The molecule has 0 saturated heterocycles. The highest BCUT2D eigenvalue weighted by Crippen LogP contribution is 2.24. The molecule has 0 atom stereocenters. The van der Waals surface area contributed by atoms with Crippen LogP contribution in [0.5, 0.6) is 11.5 Å². The molecule has 0 aliphatic carbocycles. The third-order valence-electron chi connectivity index (χ3n) is 3.59. The van der Waals surface area contributed by atoms with E-state index in [4.69, 9.17) is 27.9 Å². The van der Waals surface area contributed by atoms with E-state index in [0.717, 1.165) is 5.56 Å². The molecule has 3 rings (SSSR count). The van der Waals surface area contributed by atoms with Gasteiger partial charge in [0.25, 0.3) is 5.91 Å². The molecule has 132 valence electrons. The van der Waals surface area contributed by atoms with Crippen LogP contribution in [0.25, 0.3) is 0 Å². The molecule has 3 aromatic carbocycles. The molecule has 4 nitrogen and oxygen atoms in total. The zero-order valence-corrected chi connectivity index (χ0v) is 15.1. The molecule has 0 aliphatic rings. The zero-order valence-electron chi connectivity index (χ0n) is 13.6. The first kappa shape index (κ1) is 18.1. The molecule has 0 saturated carbocycles. The van der Waals surface area contributed by atoms with Crippen LogP contribution < -0.4 is 10.1 Å². The van der Waals surface area contributed by atoms with Crippen molar-refractivity contribution < 1.29 is 14.6 Å². The summed E-state index contributed by atoms with van der Waals surface area (Å²) in [5.41, 5.74) is 1.58. The van der Waals surface area contributed by atoms with Gasteiger partial charge in [-0.15, -0.1) is 0 Å². The van der Waals surface area contributed by atoms with Crippen LogP contribution in [-0.4, -0.2) is 11.0 Å². The Kier molecular flexibility index (Phi) is 5.66. The van der Waals surface area contributed by atoms with Crippen LogP contribution in [0, 0.1) is 0 Å². The molecule has 0 aromatic heterocycles. The largest absolute Gasteiger partial charge is 0.507 e. The topological polar surface area (TPSA) is 58.6 Å². The number of phenols is 1. The maximum atomic E-state index is 12.3. The number of amides is 1. The fraction of sp³-hybridized carbons (Fsp3) is 0.0500. The van der Waals surface area contributed by atoms with Crippen molar-refractivity contribution in [3.63, 3.8) is 0 Å². The van der Waals surface area contributed by atoms with Gasteiger partial charge in [0.2, 0.25) is 0 Å². The monoisotopic (exact) mass is 387 g/mol. The highest BCUT2D eigenvalue weighted by Gasteiger charge is 2.12. The van der Waals surface area contributed by atoms with Gasteiger partial charge in [-0.1, -0.05) is 41.4 Å². The fourth-order valence-corrected chi connectivity index (χ4v) is 2.73. The number of hydrogen-bond donors (Lipinski definition) is 2. The van der Waals surface area contributed by atoms with E-state index in [9.17, 15) is 9.90 Å². The van der Waals surface area contributed by atoms with E-state index >= 15 is 0 Å². The Morgan fingerprint density at radius 1 is 0.962 bits per heavy atom. The summed E-state index contributed by atoms with van der Waals surface area (Å²) in [5.74, 6) is -0.00431. The molecule has 0 bridgehead atoms. The average molecular weight is 388 g/mol. The number of nitrogens with one attached hydrogen (secondary N) is 1. The van der Waals surface area contributed by atoms with Crippen LogP contribution in [0.3, 0.4) is 0 Å². The second-order valence-corrected chi connectivity index (χ2v) is 6.43. The third-order valence-corrected chi connectivity index (χ3v) is 4.06. The van der Waals surface area contributed by atoms with E-state index in [1.807, 2.05) is 18.2 Å². The summed E-state index contributed by atoms with van der Waals surface area (Å²) in [6.45, 7) is 0.354. The van der Waals surface area contributed by atoms with Crippen molar-refractivity contribution in [1.82, 2.24) is 0 Å². The number of aromatic hydroxyl groups is 1. The van der Waals surface area contributed by atoms with Crippen LogP contribution in [-0.2, 0) is 6.61 Å². The van der Waals surface area contributed by atoms with Gasteiger partial charge >= 0.3 is 0 Å². The number of hydrogen-bond acceptors (Lipinski definition) is 3. The Morgan fingerprint density at radius 2 is 1.73 bits per heavy atom. The number of anilines is 1. The molecule has 0 spiro atoms. The summed E-state index contributed by atoms with van der Waals surface area (Å²) >= 11 is 11.8. The van der Waals surface area contributed by atoms with Crippen molar-refractivity contribution in [2.45, 2.75) is 6.61 Å². The fourth-order valence-electron chi connectivity index (χ4n) is 2.35. The van der Waals surface area contributed by atoms with Crippen molar-refractivity contribution in [2.75, 3.05) is 5.32 Å². The Hall–Kier alpha value is -2.69. The highest BCUT2D eigenvalue weighted by atomic mass is 35.5.